The first-order valence-corrected chi connectivity index (χ1v) is 8.78. The van der Waals surface area contributed by atoms with Crippen LogP contribution < -0.4 is 0 Å². The Kier molecular flexibility index (Phi) is 4.92. The van der Waals surface area contributed by atoms with Gasteiger partial charge < -0.3 is 9.05 Å². The van der Waals surface area contributed by atoms with Crippen LogP contribution in [-0.2, 0) is 19.8 Å². The zero-order chi connectivity index (χ0) is 13.9. The SMILES string of the molecule is CCOP(=O)(Cc1nc2ccc(Cl)nc2s1)OCC. The van der Waals surface area contributed by atoms with E-state index in [-0.39, 0.29) is 6.16 Å². The van der Waals surface area contributed by atoms with E-state index in [9.17, 15) is 4.57 Å². The molecule has 0 N–H and O–H groups in total. The van der Waals surface area contributed by atoms with Crippen LogP contribution in [0.3, 0.4) is 0 Å². The smallest absolute Gasteiger partial charge is 0.309 e. The van der Waals surface area contributed by atoms with Crippen LogP contribution in [0, 0.1) is 0 Å². The molecule has 0 amide bonds. The molecule has 0 aliphatic carbocycles. The molecule has 0 aliphatic heterocycles. The first-order valence-electron chi connectivity index (χ1n) is 5.86. The molecule has 8 heteroatoms. The van der Waals surface area contributed by atoms with Gasteiger partial charge in [0.1, 0.15) is 26.7 Å². The second-order valence-electron chi connectivity index (χ2n) is 3.67. The maximum Gasteiger partial charge on any atom is 0.337 e. The Morgan fingerprint density at radius 2 is 1.95 bits per heavy atom. The summed E-state index contributed by atoms with van der Waals surface area (Å²) >= 11 is 7.18. The van der Waals surface area contributed by atoms with Crippen molar-refractivity contribution in [1.29, 1.82) is 0 Å². The van der Waals surface area contributed by atoms with E-state index in [1.54, 1.807) is 26.0 Å². The van der Waals surface area contributed by atoms with Gasteiger partial charge in [0.05, 0.1) is 13.2 Å². The van der Waals surface area contributed by atoms with Gasteiger partial charge in [-0.1, -0.05) is 22.9 Å². The fourth-order valence-electron chi connectivity index (χ4n) is 1.59. The number of thiazole rings is 1. The Morgan fingerprint density at radius 3 is 2.58 bits per heavy atom. The number of nitrogens with zero attached hydrogens (tertiary/aromatic N) is 2. The second-order valence-corrected chi connectivity index (χ2v) is 7.17. The van der Waals surface area contributed by atoms with Crippen molar-refractivity contribution in [3.05, 3.63) is 22.3 Å². The molecule has 104 valence electrons. The Labute approximate surface area is 120 Å². The summed E-state index contributed by atoms with van der Waals surface area (Å²) in [6, 6.07) is 3.47. The summed E-state index contributed by atoms with van der Waals surface area (Å²) in [6.07, 6.45) is 0.160. The summed E-state index contributed by atoms with van der Waals surface area (Å²) in [7, 11) is -3.12. The molecule has 2 aromatic rings. The number of rotatable bonds is 6. The van der Waals surface area contributed by atoms with Gasteiger partial charge in [-0.3, -0.25) is 4.57 Å². The van der Waals surface area contributed by atoms with Crippen molar-refractivity contribution >= 4 is 40.9 Å². The number of aromatic nitrogens is 2. The van der Waals surface area contributed by atoms with Gasteiger partial charge in [0, 0.05) is 0 Å². The third kappa shape index (κ3) is 3.74. The lowest BCUT2D eigenvalue weighted by Crippen LogP contribution is -1.98. The molecule has 0 saturated heterocycles. The van der Waals surface area contributed by atoms with Crippen LogP contribution in [0.1, 0.15) is 18.9 Å². The molecule has 0 unspecified atom stereocenters. The van der Waals surface area contributed by atoms with Gasteiger partial charge in [-0.2, -0.15) is 0 Å². The van der Waals surface area contributed by atoms with E-state index in [1.165, 1.54) is 11.3 Å². The molecule has 19 heavy (non-hydrogen) atoms. The minimum absolute atomic E-state index is 0.160. The largest absolute Gasteiger partial charge is 0.337 e. The molecule has 0 fully saturated rings. The average Bonchev–Trinajstić information content (AvgIpc) is 2.70. The van der Waals surface area contributed by atoms with Gasteiger partial charge in [0.2, 0.25) is 0 Å². The van der Waals surface area contributed by atoms with Crippen molar-refractivity contribution in [2.45, 2.75) is 20.0 Å². The lowest BCUT2D eigenvalue weighted by Gasteiger charge is -2.15. The molecule has 5 nitrogen and oxygen atoms in total. The standard InChI is InChI=1S/C11H14ClN2O3PS/c1-3-16-18(15,17-4-2)7-10-13-8-5-6-9(12)14-11(8)19-10/h5-6H,3-4,7H2,1-2H3. The molecule has 2 aromatic heterocycles. The summed E-state index contributed by atoms with van der Waals surface area (Å²) in [6.45, 7) is 4.25. The highest BCUT2D eigenvalue weighted by molar-refractivity contribution is 7.53. The maximum absolute atomic E-state index is 12.4. The molecule has 0 radical (unpaired) electrons. The van der Waals surface area contributed by atoms with Gasteiger partial charge >= 0.3 is 7.60 Å². The number of halogens is 1. The van der Waals surface area contributed by atoms with Gasteiger partial charge in [0.25, 0.3) is 0 Å². The summed E-state index contributed by atoms with van der Waals surface area (Å²) in [5.41, 5.74) is 0.740. The van der Waals surface area contributed by atoms with E-state index in [1.807, 2.05) is 0 Å². The highest BCUT2D eigenvalue weighted by Gasteiger charge is 2.26. The zero-order valence-corrected chi connectivity index (χ0v) is 13.1. The fourth-order valence-corrected chi connectivity index (χ4v) is 4.70. The van der Waals surface area contributed by atoms with E-state index in [0.717, 1.165) is 10.3 Å². The molecule has 2 heterocycles. The Morgan fingerprint density at radius 1 is 1.26 bits per heavy atom. The molecule has 0 atom stereocenters. The van der Waals surface area contributed by atoms with Crippen molar-refractivity contribution < 1.29 is 13.6 Å². The van der Waals surface area contributed by atoms with E-state index in [0.29, 0.717) is 23.4 Å². The van der Waals surface area contributed by atoms with Crippen molar-refractivity contribution in [1.82, 2.24) is 9.97 Å². The first kappa shape index (κ1) is 14.9. The van der Waals surface area contributed by atoms with Crippen molar-refractivity contribution in [3.8, 4) is 0 Å². The average molecular weight is 321 g/mol. The molecule has 2 rings (SSSR count). The monoisotopic (exact) mass is 320 g/mol. The van der Waals surface area contributed by atoms with E-state index >= 15 is 0 Å². The van der Waals surface area contributed by atoms with Gasteiger partial charge in [-0.15, -0.1) is 0 Å². The zero-order valence-electron chi connectivity index (χ0n) is 10.6. The van der Waals surface area contributed by atoms with Crippen LogP contribution in [0.5, 0.6) is 0 Å². The lowest BCUT2D eigenvalue weighted by atomic mass is 10.5. The number of pyridine rings is 1. The normalized spacial score (nSPS) is 12.2. The van der Waals surface area contributed by atoms with Crippen LogP contribution >= 0.6 is 30.5 Å². The van der Waals surface area contributed by atoms with Gasteiger partial charge in [-0.05, 0) is 26.0 Å². The summed E-state index contributed by atoms with van der Waals surface area (Å²) in [5, 5.41) is 1.09. The van der Waals surface area contributed by atoms with E-state index in [4.69, 9.17) is 20.6 Å². The first-order chi connectivity index (χ1) is 9.06. The maximum atomic E-state index is 12.4. The van der Waals surface area contributed by atoms with E-state index in [2.05, 4.69) is 9.97 Å². The number of hydrogen-bond donors (Lipinski definition) is 0. The van der Waals surface area contributed by atoms with Crippen LogP contribution in [0.15, 0.2) is 12.1 Å². The van der Waals surface area contributed by atoms with Crippen LogP contribution in [0.4, 0.5) is 0 Å². The number of fused-ring (bicyclic) bond motifs is 1. The Hall–Kier alpha value is -0.520. The van der Waals surface area contributed by atoms with Crippen LogP contribution in [-0.4, -0.2) is 23.2 Å². The molecule has 0 spiro atoms. The quantitative estimate of drug-likeness (QED) is 0.592. The van der Waals surface area contributed by atoms with Crippen molar-refractivity contribution in [2.75, 3.05) is 13.2 Å². The highest BCUT2D eigenvalue weighted by atomic mass is 35.5. The van der Waals surface area contributed by atoms with Crippen LogP contribution in [0.2, 0.25) is 5.15 Å². The fraction of sp³-hybridized carbons (Fsp3) is 0.455. The Bertz CT molecular complexity index is 609. The molecule has 0 aromatic carbocycles. The minimum Gasteiger partial charge on any atom is -0.309 e. The van der Waals surface area contributed by atoms with Crippen LogP contribution in [0.25, 0.3) is 10.3 Å². The van der Waals surface area contributed by atoms with Gasteiger partial charge in [-0.25, -0.2) is 9.97 Å². The third-order valence-electron chi connectivity index (χ3n) is 2.25. The lowest BCUT2D eigenvalue weighted by molar-refractivity contribution is 0.219. The highest BCUT2D eigenvalue weighted by Crippen LogP contribution is 2.51. The number of hydrogen-bond acceptors (Lipinski definition) is 6. The molecular weight excluding hydrogens is 307 g/mol. The predicted molar refractivity (Wildman–Crippen MR) is 77.0 cm³/mol. The van der Waals surface area contributed by atoms with E-state index < -0.39 is 7.60 Å². The molecule has 0 saturated carbocycles. The topological polar surface area (TPSA) is 61.3 Å². The summed E-state index contributed by atoms with van der Waals surface area (Å²) in [4.78, 5) is 9.26. The van der Waals surface area contributed by atoms with Crippen molar-refractivity contribution in [2.24, 2.45) is 0 Å². The van der Waals surface area contributed by atoms with Crippen molar-refractivity contribution in [3.63, 3.8) is 0 Å². The summed E-state index contributed by atoms with van der Waals surface area (Å²) in [5.74, 6) is 0. The molecule has 0 bridgehead atoms. The van der Waals surface area contributed by atoms with Gasteiger partial charge in [0.15, 0.2) is 0 Å². The molecular formula is C11H14ClN2O3PS. The predicted octanol–water partition coefficient (Wildman–Crippen LogP) is 4.11. The minimum atomic E-state index is -3.12. The molecule has 0 aliphatic rings. The second kappa shape index (κ2) is 6.29. The third-order valence-corrected chi connectivity index (χ3v) is 5.63. The Balaban J connectivity index is 2.26. The summed E-state index contributed by atoms with van der Waals surface area (Å²) < 4.78 is 22.9.